The summed E-state index contributed by atoms with van der Waals surface area (Å²) in [6.45, 7) is 10.7. The fraction of sp³-hybridized carbons (Fsp3) is 1.00. The number of nitrogens with one attached hydrogen (secondary N) is 1. The van der Waals surface area contributed by atoms with E-state index in [1.54, 1.807) is 0 Å². The van der Waals surface area contributed by atoms with Crippen LogP contribution in [0, 0.1) is 0 Å². The van der Waals surface area contributed by atoms with Crippen molar-refractivity contribution >= 4 is 0 Å². The highest BCUT2D eigenvalue weighted by molar-refractivity contribution is 4.92. The molecule has 82 valence electrons. The molecule has 0 saturated carbocycles. The standard InChI is InChI=1S/C11H23N3/c1-11(2)9-14(7-5-12-11)10-4-6-13(3)8-10/h10,12H,4-9H2,1-3H3. The zero-order valence-electron chi connectivity index (χ0n) is 9.71. The minimum atomic E-state index is 0.305. The third-order valence-corrected chi connectivity index (χ3v) is 3.48. The number of likely N-dealkylation sites (tertiary alicyclic amines) is 1. The van der Waals surface area contributed by atoms with E-state index in [4.69, 9.17) is 0 Å². The summed E-state index contributed by atoms with van der Waals surface area (Å²) in [6, 6.07) is 0.807. The summed E-state index contributed by atoms with van der Waals surface area (Å²) in [5, 5.41) is 3.57. The Balaban J connectivity index is 1.91. The molecule has 2 rings (SSSR count). The van der Waals surface area contributed by atoms with Crippen molar-refractivity contribution in [2.24, 2.45) is 0 Å². The lowest BCUT2D eigenvalue weighted by Gasteiger charge is -2.42. The highest BCUT2D eigenvalue weighted by atomic mass is 15.3. The molecule has 0 radical (unpaired) electrons. The zero-order valence-corrected chi connectivity index (χ0v) is 9.71. The first kappa shape index (κ1) is 10.4. The van der Waals surface area contributed by atoms with E-state index < -0.39 is 0 Å². The molecular formula is C11H23N3. The van der Waals surface area contributed by atoms with Gasteiger partial charge in [0.25, 0.3) is 0 Å². The predicted octanol–water partition coefficient (Wildman–Crippen LogP) is 0.374. The molecule has 1 N–H and O–H groups in total. The van der Waals surface area contributed by atoms with E-state index in [0.717, 1.165) is 12.6 Å². The molecule has 2 aliphatic heterocycles. The smallest absolute Gasteiger partial charge is 0.0252 e. The van der Waals surface area contributed by atoms with Crippen molar-refractivity contribution in [2.75, 3.05) is 39.8 Å². The van der Waals surface area contributed by atoms with Crippen LogP contribution in [0.15, 0.2) is 0 Å². The van der Waals surface area contributed by atoms with Gasteiger partial charge in [0.1, 0.15) is 0 Å². The maximum absolute atomic E-state index is 3.57. The van der Waals surface area contributed by atoms with Crippen LogP contribution in [-0.4, -0.2) is 61.2 Å². The summed E-state index contributed by atoms with van der Waals surface area (Å²) < 4.78 is 0. The zero-order chi connectivity index (χ0) is 10.2. The SMILES string of the molecule is CN1CCC(N2CCNC(C)(C)C2)C1. The third-order valence-electron chi connectivity index (χ3n) is 3.48. The molecule has 1 unspecified atom stereocenters. The summed E-state index contributed by atoms with van der Waals surface area (Å²) in [5.41, 5.74) is 0.305. The Morgan fingerprint density at radius 1 is 1.29 bits per heavy atom. The number of hydrogen-bond acceptors (Lipinski definition) is 3. The fourth-order valence-electron chi connectivity index (χ4n) is 2.70. The average molecular weight is 197 g/mol. The minimum Gasteiger partial charge on any atom is -0.309 e. The fourth-order valence-corrected chi connectivity index (χ4v) is 2.70. The van der Waals surface area contributed by atoms with Crippen molar-refractivity contribution in [2.45, 2.75) is 31.8 Å². The molecule has 1 atom stereocenters. The van der Waals surface area contributed by atoms with E-state index in [0.29, 0.717) is 5.54 Å². The molecule has 0 bridgehead atoms. The Bertz CT molecular complexity index is 203. The van der Waals surface area contributed by atoms with E-state index in [2.05, 4.69) is 36.0 Å². The van der Waals surface area contributed by atoms with Gasteiger partial charge in [-0.1, -0.05) is 0 Å². The minimum absolute atomic E-state index is 0.305. The van der Waals surface area contributed by atoms with Crippen LogP contribution in [0.2, 0.25) is 0 Å². The maximum atomic E-state index is 3.57. The third kappa shape index (κ3) is 2.27. The summed E-state index contributed by atoms with van der Waals surface area (Å²) >= 11 is 0. The molecule has 0 amide bonds. The molecule has 0 aromatic carbocycles. The second-order valence-electron chi connectivity index (χ2n) is 5.49. The highest BCUT2D eigenvalue weighted by Gasteiger charge is 2.32. The van der Waals surface area contributed by atoms with Crippen molar-refractivity contribution in [3.63, 3.8) is 0 Å². The van der Waals surface area contributed by atoms with E-state index in [1.165, 1.54) is 32.6 Å². The van der Waals surface area contributed by atoms with Crippen LogP contribution in [-0.2, 0) is 0 Å². The first-order valence-electron chi connectivity index (χ1n) is 5.74. The summed E-state index contributed by atoms with van der Waals surface area (Å²) in [7, 11) is 2.23. The largest absolute Gasteiger partial charge is 0.309 e. The first-order chi connectivity index (χ1) is 6.57. The normalized spacial score (nSPS) is 34.9. The van der Waals surface area contributed by atoms with Crippen LogP contribution in [0.5, 0.6) is 0 Å². The van der Waals surface area contributed by atoms with E-state index in [9.17, 15) is 0 Å². The van der Waals surface area contributed by atoms with Gasteiger partial charge in [-0.25, -0.2) is 0 Å². The number of nitrogens with zero attached hydrogens (tertiary/aromatic N) is 2. The number of rotatable bonds is 1. The number of piperazine rings is 1. The molecule has 3 nitrogen and oxygen atoms in total. The molecule has 2 saturated heterocycles. The van der Waals surface area contributed by atoms with Crippen LogP contribution in [0.3, 0.4) is 0 Å². The maximum Gasteiger partial charge on any atom is 0.0252 e. The van der Waals surface area contributed by atoms with E-state index in [1.807, 2.05) is 0 Å². The molecule has 0 aromatic heterocycles. The van der Waals surface area contributed by atoms with Crippen LogP contribution in [0.1, 0.15) is 20.3 Å². The lowest BCUT2D eigenvalue weighted by Crippen LogP contribution is -2.59. The average Bonchev–Trinajstić information content (AvgIpc) is 2.50. The van der Waals surface area contributed by atoms with Crippen molar-refractivity contribution < 1.29 is 0 Å². The van der Waals surface area contributed by atoms with Gasteiger partial charge >= 0.3 is 0 Å². The molecule has 2 heterocycles. The monoisotopic (exact) mass is 197 g/mol. The molecule has 0 aromatic rings. The number of likely N-dealkylation sites (N-methyl/N-ethyl adjacent to an activating group) is 1. The second-order valence-corrected chi connectivity index (χ2v) is 5.49. The Hall–Kier alpha value is -0.120. The first-order valence-corrected chi connectivity index (χ1v) is 5.74. The van der Waals surface area contributed by atoms with Crippen molar-refractivity contribution in [3.05, 3.63) is 0 Å². The van der Waals surface area contributed by atoms with Gasteiger partial charge in [0, 0.05) is 37.8 Å². The lowest BCUT2D eigenvalue weighted by molar-refractivity contribution is 0.112. The molecule has 0 aliphatic carbocycles. The number of hydrogen-bond donors (Lipinski definition) is 1. The van der Waals surface area contributed by atoms with Gasteiger partial charge in [0.2, 0.25) is 0 Å². The van der Waals surface area contributed by atoms with E-state index in [-0.39, 0.29) is 0 Å². The highest BCUT2D eigenvalue weighted by Crippen LogP contribution is 2.19. The van der Waals surface area contributed by atoms with Gasteiger partial charge in [-0.15, -0.1) is 0 Å². The van der Waals surface area contributed by atoms with Gasteiger partial charge in [0.05, 0.1) is 0 Å². The topological polar surface area (TPSA) is 18.5 Å². The predicted molar refractivity (Wildman–Crippen MR) is 59.6 cm³/mol. The summed E-state index contributed by atoms with van der Waals surface area (Å²) in [4.78, 5) is 5.11. The van der Waals surface area contributed by atoms with Crippen molar-refractivity contribution in [3.8, 4) is 0 Å². The molecule has 2 aliphatic rings. The summed E-state index contributed by atoms with van der Waals surface area (Å²) in [5.74, 6) is 0. The van der Waals surface area contributed by atoms with Crippen LogP contribution < -0.4 is 5.32 Å². The Labute approximate surface area is 87.4 Å². The Kier molecular flexibility index (Phi) is 2.82. The van der Waals surface area contributed by atoms with Crippen LogP contribution in [0.25, 0.3) is 0 Å². The molecule has 14 heavy (non-hydrogen) atoms. The molecule has 0 spiro atoms. The van der Waals surface area contributed by atoms with Crippen molar-refractivity contribution in [1.29, 1.82) is 0 Å². The molecule has 3 heteroatoms. The molecular weight excluding hydrogens is 174 g/mol. The van der Waals surface area contributed by atoms with Crippen LogP contribution in [0.4, 0.5) is 0 Å². The summed E-state index contributed by atoms with van der Waals surface area (Å²) in [6.07, 6.45) is 1.35. The van der Waals surface area contributed by atoms with Crippen LogP contribution >= 0.6 is 0 Å². The van der Waals surface area contributed by atoms with Crippen molar-refractivity contribution in [1.82, 2.24) is 15.1 Å². The van der Waals surface area contributed by atoms with Gasteiger partial charge in [-0.05, 0) is 33.9 Å². The Morgan fingerprint density at radius 3 is 2.64 bits per heavy atom. The van der Waals surface area contributed by atoms with Gasteiger partial charge in [-0.3, -0.25) is 4.90 Å². The van der Waals surface area contributed by atoms with Gasteiger partial charge < -0.3 is 10.2 Å². The van der Waals surface area contributed by atoms with Gasteiger partial charge in [0.15, 0.2) is 0 Å². The van der Waals surface area contributed by atoms with E-state index >= 15 is 0 Å². The lowest BCUT2D eigenvalue weighted by atomic mass is 10.0. The Morgan fingerprint density at radius 2 is 2.07 bits per heavy atom. The second kappa shape index (κ2) is 3.80. The molecule has 2 fully saturated rings. The van der Waals surface area contributed by atoms with Gasteiger partial charge in [-0.2, -0.15) is 0 Å². The quantitative estimate of drug-likeness (QED) is 0.655.